The number of nitrogens with zero attached hydrogens (tertiary/aromatic N) is 1. The van der Waals surface area contributed by atoms with Gasteiger partial charge in [0.05, 0.1) is 13.7 Å². The Morgan fingerprint density at radius 1 is 1.35 bits per heavy atom. The molecule has 0 radical (unpaired) electrons. The lowest BCUT2D eigenvalue weighted by molar-refractivity contribution is 0.222. The Balaban J connectivity index is 2.34. The maximum atomic E-state index is 8.86. The van der Waals surface area contributed by atoms with E-state index in [9.17, 15) is 0 Å². The monoisotopic (exact) mass is 238 g/mol. The molecule has 1 unspecified atom stereocenters. The fourth-order valence-corrected chi connectivity index (χ4v) is 1.66. The van der Waals surface area contributed by atoms with Crippen molar-refractivity contribution in [3.05, 3.63) is 29.8 Å². The van der Waals surface area contributed by atoms with Crippen LogP contribution in [0.3, 0.4) is 0 Å². The molecule has 0 fully saturated rings. The van der Waals surface area contributed by atoms with Crippen LogP contribution in [0.25, 0.3) is 0 Å². The van der Waals surface area contributed by atoms with E-state index in [1.54, 1.807) is 7.11 Å². The van der Waals surface area contributed by atoms with Crippen molar-refractivity contribution in [3.8, 4) is 5.75 Å². The Morgan fingerprint density at radius 2 is 2.00 bits per heavy atom. The van der Waals surface area contributed by atoms with Gasteiger partial charge in [-0.15, -0.1) is 0 Å². The average molecular weight is 238 g/mol. The molecule has 96 valence electrons. The molecule has 17 heavy (non-hydrogen) atoms. The molecule has 4 heteroatoms. The van der Waals surface area contributed by atoms with Crippen molar-refractivity contribution in [2.24, 2.45) is 5.73 Å². The minimum Gasteiger partial charge on any atom is -0.497 e. The minimum atomic E-state index is -0.157. The molecular weight excluding hydrogens is 216 g/mol. The number of rotatable bonds is 7. The highest BCUT2D eigenvalue weighted by molar-refractivity contribution is 5.27. The first kappa shape index (κ1) is 14.0. The van der Waals surface area contributed by atoms with E-state index in [-0.39, 0.29) is 12.6 Å². The van der Waals surface area contributed by atoms with Crippen LogP contribution < -0.4 is 10.5 Å². The lowest BCUT2D eigenvalue weighted by Crippen LogP contribution is -2.38. The average Bonchev–Trinajstić information content (AvgIpc) is 2.36. The van der Waals surface area contributed by atoms with Crippen LogP contribution in [0.2, 0.25) is 0 Å². The van der Waals surface area contributed by atoms with Crippen LogP contribution >= 0.6 is 0 Å². The number of hydrogen-bond donors (Lipinski definition) is 2. The van der Waals surface area contributed by atoms with E-state index in [0.29, 0.717) is 6.54 Å². The number of likely N-dealkylation sites (N-methyl/N-ethyl adjacent to an activating group) is 1. The predicted octanol–water partition coefficient (Wildman–Crippen LogP) is 0.489. The van der Waals surface area contributed by atoms with Crippen molar-refractivity contribution in [2.45, 2.75) is 12.5 Å². The van der Waals surface area contributed by atoms with E-state index < -0.39 is 0 Å². The highest BCUT2D eigenvalue weighted by Gasteiger charge is 2.05. The topological polar surface area (TPSA) is 58.7 Å². The third-order valence-electron chi connectivity index (χ3n) is 2.72. The number of aliphatic hydroxyl groups is 1. The minimum absolute atomic E-state index is 0.0346. The van der Waals surface area contributed by atoms with Crippen LogP contribution in [0, 0.1) is 0 Å². The van der Waals surface area contributed by atoms with Crippen LogP contribution in [0.1, 0.15) is 5.56 Å². The van der Waals surface area contributed by atoms with Gasteiger partial charge >= 0.3 is 0 Å². The summed E-state index contributed by atoms with van der Waals surface area (Å²) in [6.07, 6.45) is 0.971. The van der Waals surface area contributed by atoms with Gasteiger partial charge in [0.25, 0.3) is 0 Å². The first-order valence-corrected chi connectivity index (χ1v) is 5.83. The molecule has 0 saturated heterocycles. The number of aliphatic hydroxyl groups excluding tert-OH is 1. The highest BCUT2D eigenvalue weighted by Crippen LogP contribution is 2.11. The van der Waals surface area contributed by atoms with E-state index in [4.69, 9.17) is 15.6 Å². The summed E-state index contributed by atoms with van der Waals surface area (Å²) >= 11 is 0. The van der Waals surface area contributed by atoms with E-state index in [2.05, 4.69) is 17.0 Å². The van der Waals surface area contributed by atoms with Crippen LogP contribution in [-0.4, -0.2) is 49.9 Å². The first-order chi connectivity index (χ1) is 8.15. The second-order valence-electron chi connectivity index (χ2n) is 4.30. The number of methoxy groups -OCH3 is 1. The van der Waals surface area contributed by atoms with Crippen molar-refractivity contribution >= 4 is 0 Å². The molecule has 0 aliphatic heterocycles. The van der Waals surface area contributed by atoms with E-state index in [1.165, 1.54) is 5.56 Å². The summed E-state index contributed by atoms with van der Waals surface area (Å²) < 4.78 is 5.11. The largest absolute Gasteiger partial charge is 0.497 e. The lowest BCUT2D eigenvalue weighted by atomic mass is 10.1. The quantitative estimate of drug-likeness (QED) is 0.726. The summed E-state index contributed by atoms with van der Waals surface area (Å²) in [6, 6.07) is 7.91. The molecule has 0 amide bonds. The zero-order valence-electron chi connectivity index (χ0n) is 10.6. The standard InChI is InChI=1S/C13H22N2O2/c1-15(9-12(14)10-16)8-7-11-3-5-13(17-2)6-4-11/h3-6,12,16H,7-10,14H2,1-2H3. The number of ether oxygens (including phenoxy) is 1. The van der Waals surface area contributed by atoms with Crippen molar-refractivity contribution in [1.29, 1.82) is 0 Å². The normalized spacial score (nSPS) is 12.8. The van der Waals surface area contributed by atoms with Crippen molar-refractivity contribution in [1.82, 2.24) is 4.90 Å². The van der Waals surface area contributed by atoms with Crippen LogP contribution in [0.4, 0.5) is 0 Å². The molecule has 1 atom stereocenters. The second-order valence-corrected chi connectivity index (χ2v) is 4.30. The number of benzene rings is 1. The molecule has 1 aromatic carbocycles. The van der Waals surface area contributed by atoms with Crippen molar-refractivity contribution < 1.29 is 9.84 Å². The summed E-state index contributed by atoms with van der Waals surface area (Å²) in [6.45, 7) is 1.68. The smallest absolute Gasteiger partial charge is 0.118 e. The van der Waals surface area contributed by atoms with Gasteiger partial charge in [0, 0.05) is 19.1 Å². The van der Waals surface area contributed by atoms with Gasteiger partial charge in [0.1, 0.15) is 5.75 Å². The number of hydrogen-bond acceptors (Lipinski definition) is 4. The van der Waals surface area contributed by atoms with Crippen LogP contribution in [0.5, 0.6) is 5.75 Å². The Hall–Kier alpha value is -1.10. The van der Waals surface area contributed by atoms with Gasteiger partial charge in [-0.3, -0.25) is 0 Å². The molecule has 0 heterocycles. The molecular formula is C13H22N2O2. The third kappa shape index (κ3) is 5.17. The van der Waals surface area contributed by atoms with E-state index in [1.807, 2.05) is 19.2 Å². The van der Waals surface area contributed by atoms with Crippen LogP contribution in [-0.2, 0) is 6.42 Å². The van der Waals surface area contributed by atoms with Crippen molar-refractivity contribution in [3.63, 3.8) is 0 Å². The van der Waals surface area contributed by atoms with Gasteiger partial charge in [0.2, 0.25) is 0 Å². The predicted molar refractivity (Wildman–Crippen MR) is 69.3 cm³/mol. The summed E-state index contributed by atoms with van der Waals surface area (Å²) in [7, 11) is 3.68. The first-order valence-electron chi connectivity index (χ1n) is 5.83. The summed E-state index contributed by atoms with van der Waals surface area (Å²) in [5.41, 5.74) is 6.95. The fourth-order valence-electron chi connectivity index (χ4n) is 1.66. The zero-order chi connectivity index (χ0) is 12.7. The fraction of sp³-hybridized carbons (Fsp3) is 0.538. The summed E-state index contributed by atoms with van der Waals surface area (Å²) in [4.78, 5) is 2.13. The summed E-state index contributed by atoms with van der Waals surface area (Å²) in [5, 5.41) is 8.86. The maximum Gasteiger partial charge on any atom is 0.118 e. The molecule has 1 rings (SSSR count). The van der Waals surface area contributed by atoms with E-state index >= 15 is 0 Å². The van der Waals surface area contributed by atoms with Crippen molar-refractivity contribution in [2.75, 3.05) is 33.9 Å². The Morgan fingerprint density at radius 3 is 2.53 bits per heavy atom. The van der Waals surface area contributed by atoms with Gasteiger partial charge in [-0.25, -0.2) is 0 Å². The SMILES string of the molecule is COc1ccc(CCN(C)CC(N)CO)cc1. The molecule has 4 nitrogen and oxygen atoms in total. The van der Waals surface area contributed by atoms with Gasteiger partial charge in [-0.05, 0) is 31.2 Å². The molecule has 0 saturated carbocycles. The molecule has 0 spiro atoms. The molecule has 0 aliphatic rings. The lowest BCUT2D eigenvalue weighted by Gasteiger charge is -2.19. The molecule has 0 aromatic heterocycles. The Kier molecular flexibility index (Phi) is 5.97. The van der Waals surface area contributed by atoms with Gasteiger partial charge in [-0.1, -0.05) is 12.1 Å². The Bertz CT molecular complexity index is 314. The molecule has 3 N–H and O–H groups in total. The number of nitrogens with two attached hydrogens (primary N) is 1. The van der Waals surface area contributed by atoms with Gasteiger partial charge in [-0.2, -0.15) is 0 Å². The molecule has 1 aromatic rings. The van der Waals surface area contributed by atoms with E-state index in [0.717, 1.165) is 18.7 Å². The highest BCUT2D eigenvalue weighted by atomic mass is 16.5. The van der Waals surface area contributed by atoms with Gasteiger partial charge < -0.3 is 20.5 Å². The zero-order valence-corrected chi connectivity index (χ0v) is 10.6. The summed E-state index contributed by atoms with van der Waals surface area (Å²) in [5.74, 6) is 0.879. The second kappa shape index (κ2) is 7.27. The molecule has 0 bridgehead atoms. The molecule has 0 aliphatic carbocycles. The van der Waals surface area contributed by atoms with Crippen LogP contribution in [0.15, 0.2) is 24.3 Å². The van der Waals surface area contributed by atoms with Gasteiger partial charge in [0.15, 0.2) is 0 Å². The third-order valence-corrected chi connectivity index (χ3v) is 2.72. The Labute approximate surface area is 103 Å². The maximum absolute atomic E-state index is 8.86.